The average Bonchev–Trinajstić information content (AvgIpc) is 2.46. The van der Waals surface area contributed by atoms with Crippen molar-refractivity contribution in [3.05, 3.63) is 24.3 Å². The standard InChI is InChI=1S/C15H23N3O/c1-3-4-7-10-18(2)15(19)14-11-16-12-8-5-6-9-13(12)17-14/h5-6,8-9,14,16-17H,3-4,7,10-11H2,1-2H3. The lowest BCUT2D eigenvalue weighted by Gasteiger charge is -2.30. The van der Waals surface area contributed by atoms with Crippen LogP contribution in [-0.2, 0) is 4.79 Å². The zero-order valence-corrected chi connectivity index (χ0v) is 11.8. The molecule has 1 aliphatic rings. The van der Waals surface area contributed by atoms with E-state index >= 15 is 0 Å². The number of carbonyl (C=O) groups is 1. The minimum Gasteiger partial charge on any atom is -0.381 e. The number of hydrogen-bond acceptors (Lipinski definition) is 3. The Kier molecular flexibility index (Phi) is 4.66. The fourth-order valence-corrected chi connectivity index (χ4v) is 2.34. The number of nitrogens with one attached hydrogen (secondary N) is 2. The summed E-state index contributed by atoms with van der Waals surface area (Å²) in [5, 5.41) is 6.62. The molecule has 4 nitrogen and oxygen atoms in total. The Morgan fingerprint density at radius 2 is 2.05 bits per heavy atom. The molecule has 0 aliphatic carbocycles. The molecular formula is C15H23N3O. The van der Waals surface area contributed by atoms with Gasteiger partial charge in [0.15, 0.2) is 0 Å². The van der Waals surface area contributed by atoms with Crippen LogP contribution < -0.4 is 10.6 Å². The molecule has 4 heteroatoms. The third kappa shape index (κ3) is 3.40. The maximum atomic E-state index is 12.3. The van der Waals surface area contributed by atoms with E-state index in [0.29, 0.717) is 6.54 Å². The topological polar surface area (TPSA) is 44.4 Å². The van der Waals surface area contributed by atoms with Crippen LogP contribution in [0.2, 0.25) is 0 Å². The number of rotatable bonds is 5. The normalized spacial score (nSPS) is 17.1. The van der Waals surface area contributed by atoms with Gasteiger partial charge in [-0.05, 0) is 18.6 Å². The largest absolute Gasteiger partial charge is 0.381 e. The minimum atomic E-state index is -0.165. The second-order valence-electron chi connectivity index (χ2n) is 5.09. The van der Waals surface area contributed by atoms with E-state index in [2.05, 4.69) is 17.6 Å². The van der Waals surface area contributed by atoms with Crippen LogP contribution in [0.25, 0.3) is 0 Å². The lowest BCUT2D eigenvalue weighted by atomic mass is 10.1. The van der Waals surface area contributed by atoms with Gasteiger partial charge in [0.2, 0.25) is 5.91 Å². The molecule has 2 N–H and O–H groups in total. The van der Waals surface area contributed by atoms with E-state index in [1.807, 2.05) is 36.2 Å². The van der Waals surface area contributed by atoms with Crippen LogP contribution in [0, 0.1) is 0 Å². The number of hydrogen-bond donors (Lipinski definition) is 2. The molecule has 1 amide bonds. The molecule has 0 radical (unpaired) electrons. The van der Waals surface area contributed by atoms with Crippen LogP contribution in [-0.4, -0.2) is 37.0 Å². The van der Waals surface area contributed by atoms with Gasteiger partial charge in [0.1, 0.15) is 6.04 Å². The lowest BCUT2D eigenvalue weighted by Crippen LogP contribution is -2.47. The first-order valence-electron chi connectivity index (χ1n) is 7.06. The number of amides is 1. The Morgan fingerprint density at radius 3 is 2.79 bits per heavy atom. The van der Waals surface area contributed by atoms with Gasteiger partial charge in [-0.1, -0.05) is 31.9 Å². The van der Waals surface area contributed by atoms with Crippen LogP contribution in [0.5, 0.6) is 0 Å². The highest BCUT2D eigenvalue weighted by Gasteiger charge is 2.25. The highest BCUT2D eigenvalue weighted by Crippen LogP contribution is 2.25. The third-order valence-electron chi connectivity index (χ3n) is 3.52. The summed E-state index contributed by atoms with van der Waals surface area (Å²) in [6.07, 6.45) is 3.44. The van der Waals surface area contributed by atoms with Crippen LogP contribution in [0.4, 0.5) is 11.4 Å². The molecule has 1 aliphatic heterocycles. The molecule has 0 bridgehead atoms. The van der Waals surface area contributed by atoms with Crippen molar-refractivity contribution in [2.75, 3.05) is 30.8 Å². The van der Waals surface area contributed by atoms with Crippen molar-refractivity contribution in [3.8, 4) is 0 Å². The number of unbranched alkanes of at least 4 members (excludes halogenated alkanes) is 2. The number of nitrogens with zero attached hydrogens (tertiary/aromatic N) is 1. The van der Waals surface area contributed by atoms with Gasteiger partial charge in [0.25, 0.3) is 0 Å². The van der Waals surface area contributed by atoms with Crippen LogP contribution >= 0.6 is 0 Å². The van der Waals surface area contributed by atoms with E-state index in [1.165, 1.54) is 12.8 Å². The fourth-order valence-electron chi connectivity index (χ4n) is 2.34. The Labute approximate surface area is 115 Å². The van der Waals surface area contributed by atoms with E-state index in [-0.39, 0.29) is 11.9 Å². The van der Waals surface area contributed by atoms with Gasteiger partial charge in [-0.3, -0.25) is 4.79 Å². The number of fused-ring (bicyclic) bond motifs is 1. The van der Waals surface area contributed by atoms with Gasteiger partial charge >= 0.3 is 0 Å². The number of carbonyl (C=O) groups excluding carboxylic acids is 1. The predicted octanol–water partition coefficient (Wildman–Crippen LogP) is 2.54. The number of anilines is 2. The van der Waals surface area contributed by atoms with Gasteiger partial charge in [-0.15, -0.1) is 0 Å². The van der Waals surface area contributed by atoms with E-state index < -0.39 is 0 Å². The molecule has 1 heterocycles. The molecule has 0 spiro atoms. The highest BCUT2D eigenvalue weighted by molar-refractivity contribution is 5.88. The van der Waals surface area contributed by atoms with Gasteiger partial charge in [0, 0.05) is 20.1 Å². The first kappa shape index (κ1) is 13.7. The van der Waals surface area contributed by atoms with E-state index in [9.17, 15) is 4.79 Å². The SMILES string of the molecule is CCCCCN(C)C(=O)C1CNc2ccccc2N1. The second kappa shape index (κ2) is 6.45. The summed E-state index contributed by atoms with van der Waals surface area (Å²) in [4.78, 5) is 14.2. The molecule has 0 fully saturated rings. The third-order valence-corrected chi connectivity index (χ3v) is 3.52. The van der Waals surface area contributed by atoms with Crippen molar-refractivity contribution in [3.63, 3.8) is 0 Å². The predicted molar refractivity (Wildman–Crippen MR) is 79.5 cm³/mol. The zero-order valence-electron chi connectivity index (χ0n) is 11.8. The Balaban J connectivity index is 1.91. The monoisotopic (exact) mass is 261 g/mol. The number of likely N-dealkylation sites (N-methyl/N-ethyl adjacent to an activating group) is 1. The second-order valence-corrected chi connectivity index (χ2v) is 5.09. The molecule has 1 aromatic rings. The van der Waals surface area contributed by atoms with E-state index in [1.54, 1.807) is 0 Å². The van der Waals surface area contributed by atoms with Crippen LogP contribution in [0.3, 0.4) is 0 Å². The molecule has 2 rings (SSSR count). The Bertz CT molecular complexity index is 433. The molecule has 104 valence electrons. The first-order chi connectivity index (χ1) is 9.22. The average molecular weight is 261 g/mol. The highest BCUT2D eigenvalue weighted by atomic mass is 16.2. The van der Waals surface area contributed by atoms with Crippen LogP contribution in [0.1, 0.15) is 26.2 Å². The fraction of sp³-hybridized carbons (Fsp3) is 0.533. The molecule has 0 saturated carbocycles. The molecular weight excluding hydrogens is 238 g/mol. The van der Waals surface area contributed by atoms with Gasteiger partial charge in [-0.2, -0.15) is 0 Å². The van der Waals surface area contributed by atoms with Crippen LogP contribution in [0.15, 0.2) is 24.3 Å². The van der Waals surface area contributed by atoms with Gasteiger partial charge in [0.05, 0.1) is 11.4 Å². The molecule has 1 aromatic carbocycles. The van der Waals surface area contributed by atoms with E-state index in [0.717, 1.165) is 24.3 Å². The lowest BCUT2D eigenvalue weighted by molar-refractivity contribution is -0.130. The van der Waals surface area contributed by atoms with Crippen molar-refractivity contribution in [2.45, 2.75) is 32.2 Å². The summed E-state index contributed by atoms with van der Waals surface area (Å²) in [5.41, 5.74) is 2.08. The maximum absolute atomic E-state index is 12.3. The molecule has 1 atom stereocenters. The zero-order chi connectivity index (χ0) is 13.7. The number of para-hydroxylation sites is 2. The quantitative estimate of drug-likeness (QED) is 0.801. The van der Waals surface area contributed by atoms with Crippen molar-refractivity contribution in [2.24, 2.45) is 0 Å². The molecule has 1 unspecified atom stereocenters. The summed E-state index contributed by atoms with van der Waals surface area (Å²) < 4.78 is 0. The summed E-state index contributed by atoms with van der Waals surface area (Å²) in [5.74, 6) is 0.165. The van der Waals surface area contributed by atoms with E-state index in [4.69, 9.17) is 0 Å². The van der Waals surface area contributed by atoms with Crippen molar-refractivity contribution in [1.82, 2.24) is 4.90 Å². The summed E-state index contributed by atoms with van der Waals surface area (Å²) in [6.45, 7) is 3.66. The first-order valence-corrected chi connectivity index (χ1v) is 7.06. The van der Waals surface area contributed by atoms with Crippen molar-refractivity contribution in [1.29, 1.82) is 0 Å². The molecule has 0 aromatic heterocycles. The number of benzene rings is 1. The summed E-state index contributed by atoms with van der Waals surface area (Å²) in [7, 11) is 1.89. The summed E-state index contributed by atoms with van der Waals surface area (Å²) in [6, 6.07) is 7.83. The van der Waals surface area contributed by atoms with Crippen molar-refractivity contribution < 1.29 is 4.79 Å². The Hall–Kier alpha value is -1.71. The maximum Gasteiger partial charge on any atom is 0.246 e. The summed E-state index contributed by atoms with van der Waals surface area (Å²) >= 11 is 0. The van der Waals surface area contributed by atoms with Crippen molar-refractivity contribution >= 4 is 17.3 Å². The van der Waals surface area contributed by atoms with Gasteiger partial charge < -0.3 is 15.5 Å². The minimum absolute atomic E-state index is 0.165. The molecule has 0 saturated heterocycles. The van der Waals surface area contributed by atoms with Gasteiger partial charge in [-0.25, -0.2) is 0 Å². The smallest absolute Gasteiger partial charge is 0.246 e. The Morgan fingerprint density at radius 1 is 1.32 bits per heavy atom. The molecule has 19 heavy (non-hydrogen) atoms.